The van der Waals surface area contributed by atoms with Gasteiger partial charge in [0.25, 0.3) is 0 Å². The SMILES string of the molecule is CC(CCc1nnnn1N1CCCCC1)Oc1ccc2nc3[nH]c(=O)[nH]c3cc2c1. The molecule has 0 aliphatic carbocycles. The predicted octanol–water partition coefficient (Wildman–Crippen LogP) is 1.91. The van der Waals surface area contributed by atoms with Crippen LogP contribution in [0.1, 0.15) is 38.4 Å². The number of fused-ring (bicyclic) bond motifs is 2. The van der Waals surface area contributed by atoms with Gasteiger partial charge in [0, 0.05) is 24.9 Å². The Morgan fingerprint density at radius 3 is 2.90 bits per heavy atom. The number of piperidine rings is 1. The molecule has 1 fully saturated rings. The number of aromatic amines is 2. The van der Waals surface area contributed by atoms with Gasteiger partial charge in [0.05, 0.1) is 17.1 Å². The molecule has 0 bridgehead atoms. The van der Waals surface area contributed by atoms with Crippen LogP contribution in [0.2, 0.25) is 0 Å². The maximum absolute atomic E-state index is 11.5. The molecule has 10 heteroatoms. The fourth-order valence-corrected chi connectivity index (χ4v) is 3.94. The molecule has 3 aromatic heterocycles. The van der Waals surface area contributed by atoms with Crippen molar-refractivity contribution in [3.63, 3.8) is 0 Å². The van der Waals surface area contributed by atoms with Gasteiger partial charge in [0.1, 0.15) is 5.75 Å². The summed E-state index contributed by atoms with van der Waals surface area (Å²) in [6.45, 7) is 4.04. The second-order valence-corrected chi connectivity index (χ2v) is 7.78. The third-order valence-electron chi connectivity index (χ3n) is 5.49. The monoisotopic (exact) mass is 408 g/mol. The summed E-state index contributed by atoms with van der Waals surface area (Å²) in [7, 11) is 0. The topological polar surface area (TPSA) is 118 Å². The van der Waals surface area contributed by atoms with Crippen LogP contribution in [-0.2, 0) is 6.42 Å². The molecule has 0 saturated carbocycles. The highest BCUT2D eigenvalue weighted by atomic mass is 16.5. The standard InChI is InChI=1S/C20H24N8O2/c1-13(5-8-18-24-25-26-28(18)27-9-3-2-4-10-27)30-15-6-7-16-14(11-15)12-17-19(21-16)23-20(29)22-17/h6-7,11-13H,2-5,8-10H2,1H3,(H2,21,22,23,29). The molecular formula is C20H24N8O2. The summed E-state index contributed by atoms with van der Waals surface area (Å²) >= 11 is 0. The van der Waals surface area contributed by atoms with Crippen molar-refractivity contribution < 1.29 is 4.74 Å². The molecule has 30 heavy (non-hydrogen) atoms. The van der Waals surface area contributed by atoms with Crippen LogP contribution in [0.4, 0.5) is 0 Å². The molecular weight excluding hydrogens is 384 g/mol. The van der Waals surface area contributed by atoms with Crippen LogP contribution in [0.5, 0.6) is 5.75 Å². The van der Waals surface area contributed by atoms with Crippen LogP contribution >= 0.6 is 0 Å². The van der Waals surface area contributed by atoms with E-state index in [2.05, 4.69) is 35.5 Å². The summed E-state index contributed by atoms with van der Waals surface area (Å²) in [6, 6.07) is 7.65. The number of benzene rings is 1. The normalized spacial score (nSPS) is 15.7. The summed E-state index contributed by atoms with van der Waals surface area (Å²) in [5, 5.41) is 15.4. The molecule has 156 valence electrons. The molecule has 2 N–H and O–H groups in total. The van der Waals surface area contributed by atoms with Gasteiger partial charge >= 0.3 is 5.69 Å². The number of nitrogens with one attached hydrogen (secondary N) is 2. The van der Waals surface area contributed by atoms with Crippen LogP contribution < -0.4 is 15.4 Å². The molecule has 5 rings (SSSR count). The lowest BCUT2D eigenvalue weighted by Gasteiger charge is -2.28. The molecule has 10 nitrogen and oxygen atoms in total. The number of hydrogen-bond donors (Lipinski definition) is 2. The van der Waals surface area contributed by atoms with E-state index in [9.17, 15) is 4.79 Å². The fourth-order valence-electron chi connectivity index (χ4n) is 3.94. The highest BCUT2D eigenvalue weighted by Crippen LogP contribution is 2.23. The van der Waals surface area contributed by atoms with Crippen molar-refractivity contribution in [2.75, 3.05) is 18.1 Å². The number of aromatic nitrogens is 7. The Morgan fingerprint density at radius 1 is 1.17 bits per heavy atom. The smallest absolute Gasteiger partial charge is 0.325 e. The summed E-state index contributed by atoms with van der Waals surface area (Å²) in [5.41, 5.74) is 1.78. The number of imidazole rings is 1. The van der Waals surface area contributed by atoms with Crippen molar-refractivity contribution in [2.45, 2.75) is 45.1 Å². The maximum atomic E-state index is 11.5. The van der Waals surface area contributed by atoms with Crippen molar-refractivity contribution in [1.29, 1.82) is 0 Å². The van der Waals surface area contributed by atoms with E-state index < -0.39 is 0 Å². The van der Waals surface area contributed by atoms with Gasteiger partial charge in [-0.2, -0.15) is 0 Å². The first-order valence-corrected chi connectivity index (χ1v) is 10.4. The lowest BCUT2D eigenvalue weighted by Crippen LogP contribution is -2.41. The van der Waals surface area contributed by atoms with Gasteiger partial charge in [-0.25, -0.2) is 9.78 Å². The third-order valence-corrected chi connectivity index (χ3v) is 5.49. The average molecular weight is 408 g/mol. The first-order valence-electron chi connectivity index (χ1n) is 10.4. The zero-order chi connectivity index (χ0) is 20.5. The highest BCUT2D eigenvalue weighted by molar-refractivity contribution is 5.89. The molecule has 1 saturated heterocycles. The summed E-state index contributed by atoms with van der Waals surface area (Å²) in [4.78, 5) is 23.2. The minimum absolute atomic E-state index is 0.00212. The van der Waals surface area contributed by atoms with Gasteiger partial charge in [-0.05, 0) is 67.3 Å². The predicted molar refractivity (Wildman–Crippen MR) is 112 cm³/mol. The Hall–Kier alpha value is -3.43. The van der Waals surface area contributed by atoms with Crippen LogP contribution in [0.15, 0.2) is 29.1 Å². The number of rotatable bonds is 6. The molecule has 0 radical (unpaired) electrons. The Morgan fingerprint density at radius 2 is 2.03 bits per heavy atom. The first-order chi connectivity index (χ1) is 14.7. The molecule has 1 unspecified atom stereocenters. The Balaban J connectivity index is 1.26. The Labute approximate surface area is 172 Å². The number of hydrogen-bond acceptors (Lipinski definition) is 7. The van der Waals surface area contributed by atoms with Crippen molar-refractivity contribution >= 4 is 22.1 Å². The number of H-pyrrole nitrogens is 2. The van der Waals surface area contributed by atoms with E-state index >= 15 is 0 Å². The number of tetrazole rings is 1. The van der Waals surface area contributed by atoms with Crippen molar-refractivity contribution in [3.8, 4) is 5.75 Å². The maximum Gasteiger partial charge on any atom is 0.325 e. The second-order valence-electron chi connectivity index (χ2n) is 7.78. The van der Waals surface area contributed by atoms with E-state index in [-0.39, 0.29) is 11.8 Å². The molecule has 1 aromatic carbocycles. The zero-order valence-corrected chi connectivity index (χ0v) is 16.8. The Kier molecular flexibility index (Phi) is 4.82. The molecule has 1 aliphatic rings. The van der Waals surface area contributed by atoms with Crippen molar-refractivity contribution in [2.24, 2.45) is 0 Å². The highest BCUT2D eigenvalue weighted by Gasteiger charge is 2.17. The summed E-state index contributed by atoms with van der Waals surface area (Å²) < 4.78 is 6.12. The largest absolute Gasteiger partial charge is 0.491 e. The van der Waals surface area contributed by atoms with E-state index in [1.54, 1.807) is 0 Å². The zero-order valence-electron chi connectivity index (χ0n) is 16.8. The van der Waals surface area contributed by atoms with Gasteiger partial charge < -0.3 is 9.72 Å². The van der Waals surface area contributed by atoms with Crippen molar-refractivity contribution in [1.82, 2.24) is 35.3 Å². The number of ether oxygens (including phenoxy) is 1. The fraction of sp³-hybridized carbons (Fsp3) is 0.450. The van der Waals surface area contributed by atoms with Crippen molar-refractivity contribution in [3.05, 3.63) is 40.6 Å². The third kappa shape index (κ3) is 3.72. The number of nitrogens with zero attached hydrogens (tertiary/aromatic N) is 6. The lowest BCUT2D eigenvalue weighted by molar-refractivity contribution is 0.210. The van der Waals surface area contributed by atoms with Gasteiger partial charge in [-0.1, -0.05) is 0 Å². The Bertz CT molecular complexity index is 1220. The summed E-state index contributed by atoms with van der Waals surface area (Å²) in [5.74, 6) is 1.64. The lowest BCUT2D eigenvalue weighted by atomic mass is 10.1. The van der Waals surface area contributed by atoms with Gasteiger partial charge in [-0.15, -0.1) is 9.89 Å². The molecule has 4 aromatic rings. The molecule has 1 aliphatic heterocycles. The van der Waals surface area contributed by atoms with E-state index in [1.807, 2.05) is 36.0 Å². The molecule has 0 spiro atoms. The van der Waals surface area contributed by atoms with Crippen LogP contribution in [0.25, 0.3) is 22.1 Å². The van der Waals surface area contributed by atoms with E-state index in [0.29, 0.717) is 11.2 Å². The molecule has 0 amide bonds. The van der Waals surface area contributed by atoms with E-state index in [0.717, 1.165) is 48.4 Å². The van der Waals surface area contributed by atoms with E-state index in [1.165, 1.54) is 19.3 Å². The first kappa shape index (κ1) is 18.6. The number of pyridine rings is 1. The van der Waals surface area contributed by atoms with Crippen LogP contribution in [0.3, 0.4) is 0 Å². The minimum Gasteiger partial charge on any atom is -0.491 e. The van der Waals surface area contributed by atoms with Crippen LogP contribution in [0, 0.1) is 0 Å². The summed E-state index contributed by atoms with van der Waals surface area (Å²) in [6.07, 6.45) is 5.17. The van der Waals surface area contributed by atoms with Gasteiger partial charge in [-0.3, -0.25) is 9.99 Å². The number of aryl methyl sites for hydroxylation is 1. The molecule has 1 atom stereocenters. The van der Waals surface area contributed by atoms with Gasteiger partial charge in [0.2, 0.25) is 0 Å². The average Bonchev–Trinajstić information content (AvgIpc) is 3.36. The van der Waals surface area contributed by atoms with E-state index in [4.69, 9.17) is 4.74 Å². The minimum atomic E-state index is -0.259. The molecule has 4 heterocycles. The quantitative estimate of drug-likeness (QED) is 0.500. The second kappa shape index (κ2) is 7.77. The van der Waals surface area contributed by atoms with Gasteiger partial charge in [0.15, 0.2) is 11.5 Å². The van der Waals surface area contributed by atoms with Crippen LogP contribution in [-0.4, -0.2) is 54.5 Å².